The molecular weight excluding hydrogens is 414 g/mol. The number of nitrogens with zero attached hydrogens (tertiary/aromatic N) is 2. The van der Waals surface area contributed by atoms with Crippen LogP contribution in [0.4, 0.5) is 0 Å². The molecule has 3 atom stereocenters. The van der Waals surface area contributed by atoms with Crippen molar-refractivity contribution in [3.8, 4) is 0 Å². The predicted octanol–water partition coefficient (Wildman–Crippen LogP) is 3.33. The minimum absolute atomic E-state index is 0.0789. The van der Waals surface area contributed by atoms with Crippen LogP contribution in [0.5, 0.6) is 0 Å². The van der Waals surface area contributed by atoms with E-state index in [1.807, 2.05) is 31.1 Å². The van der Waals surface area contributed by atoms with Crippen molar-refractivity contribution in [3.63, 3.8) is 0 Å². The molecular formula is C23H37N3O4S. The van der Waals surface area contributed by atoms with Gasteiger partial charge in [-0.05, 0) is 66.0 Å². The number of amides is 1. The van der Waals surface area contributed by atoms with Gasteiger partial charge in [-0.2, -0.15) is 0 Å². The lowest BCUT2D eigenvalue weighted by Gasteiger charge is -2.46. The molecule has 174 valence electrons. The van der Waals surface area contributed by atoms with Crippen LogP contribution in [-0.2, 0) is 9.53 Å². The molecule has 0 aromatic carbocycles. The third kappa shape index (κ3) is 6.49. The average molecular weight is 452 g/mol. The third-order valence-corrected chi connectivity index (χ3v) is 7.44. The van der Waals surface area contributed by atoms with E-state index in [1.54, 1.807) is 11.3 Å². The predicted molar refractivity (Wildman–Crippen MR) is 121 cm³/mol. The molecule has 1 aromatic heterocycles. The zero-order valence-corrected chi connectivity index (χ0v) is 19.8. The second-order valence-corrected chi connectivity index (χ2v) is 10.7. The van der Waals surface area contributed by atoms with Gasteiger partial charge in [0.2, 0.25) is 0 Å². The first-order valence-electron chi connectivity index (χ1n) is 11.6. The number of nitrogens with one attached hydrogen (secondary N) is 1. The van der Waals surface area contributed by atoms with E-state index in [1.165, 1.54) is 6.42 Å². The molecule has 1 saturated carbocycles. The summed E-state index contributed by atoms with van der Waals surface area (Å²) in [6.07, 6.45) is 7.11. The Hall–Kier alpha value is -1.51. The number of fused-ring (bicyclic) bond motifs is 1. The minimum atomic E-state index is -0.318. The topological polar surface area (TPSA) is 91.8 Å². The minimum Gasteiger partial charge on any atom is -0.462 e. The highest BCUT2D eigenvalue weighted by atomic mass is 32.1. The Morgan fingerprint density at radius 3 is 2.58 bits per heavy atom. The van der Waals surface area contributed by atoms with E-state index < -0.39 is 0 Å². The van der Waals surface area contributed by atoms with Gasteiger partial charge in [-0.3, -0.25) is 9.59 Å². The zero-order chi connectivity index (χ0) is 22.4. The summed E-state index contributed by atoms with van der Waals surface area (Å²) in [5.74, 6) is 0.845. The standard InChI is InChI=1S/C18H27N3O2S.C5H10O2/c22-16-7-10-21(15-4-2-1-3-13(15)16)18(23)14-11-24-17(20-14)12-5-8-19-9-6-12;1-5(2,3)7-4-6/h11-13,15-16,19,22H,1-10H2;4H,1-3H3. The van der Waals surface area contributed by atoms with Gasteiger partial charge in [-0.1, -0.05) is 12.8 Å². The monoisotopic (exact) mass is 451 g/mol. The fourth-order valence-corrected chi connectivity index (χ4v) is 5.78. The van der Waals surface area contributed by atoms with E-state index in [0.717, 1.165) is 50.2 Å². The summed E-state index contributed by atoms with van der Waals surface area (Å²) in [7, 11) is 0. The fraction of sp³-hybridized carbons (Fsp3) is 0.783. The number of likely N-dealkylation sites (tertiary alicyclic amines) is 1. The fourth-order valence-electron chi connectivity index (χ4n) is 4.81. The van der Waals surface area contributed by atoms with Crippen LogP contribution in [0.25, 0.3) is 0 Å². The Kier molecular flexibility index (Phi) is 8.47. The van der Waals surface area contributed by atoms with E-state index in [4.69, 9.17) is 4.98 Å². The van der Waals surface area contributed by atoms with Gasteiger partial charge < -0.3 is 20.1 Å². The number of aromatic nitrogens is 1. The number of rotatable bonds is 3. The number of thiazole rings is 1. The molecule has 3 unspecified atom stereocenters. The molecule has 7 nitrogen and oxygen atoms in total. The number of aliphatic hydroxyl groups is 1. The molecule has 4 rings (SSSR count). The smallest absolute Gasteiger partial charge is 0.293 e. The van der Waals surface area contributed by atoms with Gasteiger partial charge >= 0.3 is 0 Å². The third-order valence-electron chi connectivity index (χ3n) is 6.43. The van der Waals surface area contributed by atoms with Crippen molar-refractivity contribution in [2.24, 2.45) is 5.92 Å². The Morgan fingerprint density at radius 2 is 1.94 bits per heavy atom. The van der Waals surface area contributed by atoms with Crippen molar-refractivity contribution < 1.29 is 19.4 Å². The summed E-state index contributed by atoms with van der Waals surface area (Å²) < 4.78 is 4.55. The van der Waals surface area contributed by atoms with Gasteiger partial charge in [0, 0.05) is 29.8 Å². The number of hydrogen-bond acceptors (Lipinski definition) is 7. The molecule has 1 amide bonds. The molecule has 2 aliphatic heterocycles. The SMILES string of the molecule is CC(C)(C)OC=O.O=C(c1csc(C2CCNCC2)n1)N1CCC(O)C2CCCCC21. The molecule has 3 fully saturated rings. The number of hydrogen-bond donors (Lipinski definition) is 2. The van der Waals surface area contributed by atoms with Crippen molar-refractivity contribution in [3.05, 3.63) is 16.1 Å². The van der Waals surface area contributed by atoms with E-state index >= 15 is 0 Å². The second-order valence-electron chi connectivity index (χ2n) is 9.79. The number of ether oxygens (including phenoxy) is 1. The molecule has 3 heterocycles. The van der Waals surface area contributed by atoms with Gasteiger partial charge in [0.25, 0.3) is 12.4 Å². The molecule has 0 bridgehead atoms. The molecule has 31 heavy (non-hydrogen) atoms. The number of carbonyl (C=O) groups is 2. The van der Waals surface area contributed by atoms with E-state index in [-0.39, 0.29) is 29.6 Å². The Morgan fingerprint density at radius 1 is 1.23 bits per heavy atom. The van der Waals surface area contributed by atoms with Crippen LogP contribution >= 0.6 is 11.3 Å². The summed E-state index contributed by atoms with van der Waals surface area (Å²) in [5.41, 5.74) is 0.302. The molecule has 1 aliphatic carbocycles. The van der Waals surface area contributed by atoms with Crippen LogP contribution in [0.2, 0.25) is 0 Å². The quantitative estimate of drug-likeness (QED) is 0.685. The lowest BCUT2D eigenvalue weighted by atomic mass is 9.76. The lowest BCUT2D eigenvalue weighted by molar-refractivity contribution is -0.138. The van der Waals surface area contributed by atoms with Crippen LogP contribution in [0, 0.1) is 5.92 Å². The van der Waals surface area contributed by atoms with Crippen LogP contribution in [0.15, 0.2) is 5.38 Å². The van der Waals surface area contributed by atoms with Crippen LogP contribution in [0.3, 0.4) is 0 Å². The van der Waals surface area contributed by atoms with Crippen LogP contribution in [-0.4, -0.2) is 64.8 Å². The zero-order valence-electron chi connectivity index (χ0n) is 19.0. The van der Waals surface area contributed by atoms with Gasteiger partial charge in [-0.15, -0.1) is 11.3 Å². The van der Waals surface area contributed by atoms with E-state index in [9.17, 15) is 14.7 Å². The largest absolute Gasteiger partial charge is 0.462 e. The van der Waals surface area contributed by atoms with E-state index in [0.29, 0.717) is 31.0 Å². The highest BCUT2D eigenvalue weighted by Crippen LogP contribution is 2.36. The van der Waals surface area contributed by atoms with Crippen molar-refractivity contribution in [1.29, 1.82) is 0 Å². The van der Waals surface area contributed by atoms with Gasteiger partial charge in [0.1, 0.15) is 11.3 Å². The van der Waals surface area contributed by atoms with Gasteiger partial charge in [0.15, 0.2) is 0 Å². The number of piperidine rings is 2. The maximum absolute atomic E-state index is 13.0. The normalized spacial score (nSPS) is 27.0. The summed E-state index contributed by atoms with van der Waals surface area (Å²) in [5, 5.41) is 16.7. The highest BCUT2D eigenvalue weighted by Gasteiger charge is 2.41. The first-order chi connectivity index (χ1) is 14.8. The summed E-state index contributed by atoms with van der Waals surface area (Å²) >= 11 is 1.64. The van der Waals surface area contributed by atoms with Crippen molar-refractivity contribution in [2.45, 2.75) is 89.4 Å². The molecule has 0 spiro atoms. The first-order valence-corrected chi connectivity index (χ1v) is 12.4. The molecule has 2 saturated heterocycles. The number of aliphatic hydroxyl groups excluding tert-OH is 1. The molecule has 3 aliphatic rings. The lowest BCUT2D eigenvalue weighted by Crippen LogP contribution is -2.54. The molecule has 2 N–H and O–H groups in total. The van der Waals surface area contributed by atoms with Crippen molar-refractivity contribution >= 4 is 23.7 Å². The molecule has 0 radical (unpaired) electrons. The number of carbonyl (C=O) groups excluding carboxylic acids is 2. The summed E-state index contributed by atoms with van der Waals surface area (Å²) in [6.45, 7) is 8.67. The van der Waals surface area contributed by atoms with Gasteiger partial charge in [0.05, 0.1) is 11.1 Å². The Labute approximate surface area is 189 Å². The van der Waals surface area contributed by atoms with Gasteiger partial charge in [-0.25, -0.2) is 4.98 Å². The Balaban J connectivity index is 0.000000339. The van der Waals surface area contributed by atoms with Crippen molar-refractivity contribution in [2.75, 3.05) is 19.6 Å². The molecule has 8 heteroatoms. The average Bonchev–Trinajstić information content (AvgIpc) is 3.24. The maximum atomic E-state index is 13.0. The highest BCUT2D eigenvalue weighted by molar-refractivity contribution is 7.09. The summed E-state index contributed by atoms with van der Waals surface area (Å²) in [4.78, 5) is 29.3. The second kappa shape index (κ2) is 10.9. The molecule has 1 aromatic rings. The Bertz CT molecular complexity index is 727. The summed E-state index contributed by atoms with van der Waals surface area (Å²) in [6, 6.07) is 0.207. The van der Waals surface area contributed by atoms with Crippen molar-refractivity contribution in [1.82, 2.24) is 15.2 Å². The maximum Gasteiger partial charge on any atom is 0.293 e. The first kappa shape index (κ1) is 24.1. The van der Waals surface area contributed by atoms with E-state index in [2.05, 4.69) is 10.1 Å². The van der Waals surface area contributed by atoms with Crippen LogP contribution < -0.4 is 5.32 Å². The van der Waals surface area contributed by atoms with Crippen LogP contribution in [0.1, 0.15) is 87.1 Å².